The molecule has 1 aliphatic heterocycles. The van der Waals surface area contributed by atoms with Crippen molar-refractivity contribution in [2.24, 2.45) is 0 Å². The quantitative estimate of drug-likeness (QED) is 0.521. The highest BCUT2D eigenvalue weighted by Gasteiger charge is 2.45. The summed E-state index contributed by atoms with van der Waals surface area (Å²) in [7, 11) is 0. The Morgan fingerprint density at radius 1 is 0.818 bits per heavy atom. The Morgan fingerprint density at radius 3 is 1.95 bits per heavy atom. The molecule has 0 aliphatic carbocycles. The van der Waals surface area contributed by atoms with Crippen molar-refractivity contribution >= 4 is 11.8 Å². The van der Waals surface area contributed by atoms with Crippen LogP contribution in [0.1, 0.15) is 59.3 Å². The number of hydrogen-bond acceptors (Lipinski definition) is 5. The largest absolute Gasteiger partial charge is 0.380 e. The van der Waals surface area contributed by atoms with Crippen LogP contribution in [0.25, 0.3) is 0 Å². The highest BCUT2D eigenvalue weighted by molar-refractivity contribution is 8.00. The normalized spacial score (nSPS) is 28.4. The van der Waals surface area contributed by atoms with E-state index in [0.29, 0.717) is 13.2 Å². The molecular weight excluding hydrogens is 300 g/mol. The van der Waals surface area contributed by atoms with E-state index < -0.39 is 5.44 Å². The van der Waals surface area contributed by atoms with E-state index in [2.05, 4.69) is 20.8 Å². The molecule has 22 heavy (non-hydrogen) atoms. The lowest BCUT2D eigenvalue weighted by Crippen LogP contribution is -2.39. The van der Waals surface area contributed by atoms with Crippen molar-refractivity contribution in [2.75, 3.05) is 26.4 Å². The number of hydrogen-bond donors (Lipinski definition) is 1. The van der Waals surface area contributed by atoms with Crippen LogP contribution in [0.4, 0.5) is 0 Å². The van der Waals surface area contributed by atoms with Gasteiger partial charge in [-0.3, -0.25) is 0 Å². The molecule has 1 fully saturated rings. The molecule has 5 heteroatoms. The fourth-order valence-electron chi connectivity index (χ4n) is 2.39. The molecule has 4 nitrogen and oxygen atoms in total. The first-order valence-corrected chi connectivity index (χ1v) is 9.83. The van der Waals surface area contributed by atoms with Gasteiger partial charge in [0.15, 0.2) is 0 Å². The van der Waals surface area contributed by atoms with Crippen molar-refractivity contribution in [3.05, 3.63) is 0 Å². The van der Waals surface area contributed by atoms with E-state index >= 15 is 0 Å². The van der Waals surface area contributed by atoms with Gasteiger partial charge in [0.2, 0.25) is 0 Å². The fourth-order valence-corrected chi connectivity index (χ4v) is 3.70. The zero-order valence-electron chi connectivity index (χ0n) is 14.5. The summed E-state index contributed by atoms with van der Waals surface area (Å²) in [4.78, 5) is 0. The first kappa shape index (κ1) is 20.2. The van der Waals surface area contributed by atoms with Crippen LogP contribution in [0.5, 0.6) is 0 Å². The van der Waals surface area contributed by atoms with Gasteiger partial charge in [-0.1, -0.05) is 40.0 Å². The topological polar surface area (TPSA) is 47.9 Å². The summed E-state index contributed by atoms with van der Waals surface area (Å²) in [5.74, 6) is 0. The second-order valence-electron chi connectivity index (χ2n) is 5.87. The molecule has 132 valence electrons. The van der Waals surface area contributed by atoms with Crippen molar-refractivity contribution in [3.8, 4) is 0 Å². The highest BCUT2D eigenvalue weighted by atomic mass is 32.2. The average Bonchev–Trinajstić information content (AvgIpc) is 2.80. The summed E-state index contributed by atoms with van der Waals surface area (Å²) in [5.41, 5.74) is -0.511. The number of aliphatic hydroxyl groups is 1. The van der Waals surface area contributed by atoms with Crippen molar-refractivity contribution < 1.29 is 19.3 Å². The molecule has 4 atom stereocenters. The van der Waals surface area contributed by atoms with Crippen LogP contribution < -0.4 is 0 Å². The van der Waals surface area contributed by atoms with Gasteiger partial charge < -0.3 is 19.3 Å². The van der Waals surface area contributed by atoms with Gasteiger partial charge in [-0.05, 0) is 19.3 Å². The van der Waals surface area contributed by atoms with Crippen molar-refractivity contribution in [2.45, 2.75) is 82.2 Å². The van der Waals surface area contributed by atoms with E-state index in [1.54, 1.807) is 0 Å². The van der Waals surface area contributed by atoms with Crippen LogP contribution in [0.2, 0.25) is 0 Å². The third kappa shape index (κ3) is 7.18. The zero-order chi connectivity index (χ0) is 16.2. The summed E-state index contributed by atoms with van der Waals surface area (Å²) in [6.07, 6.45) is 6.20. The molecule has 0 aromatic carbocycles. The van der Waals surface area contributed by atoms with Crippen molar-refractivity contribution in [1.29, 1.82) is 0 Å². The van der Waals surface area contributed by atoms with E-state index in [4.69, 9.17) is 14.2 Å². The minimum atomic E-state index is -0.511. The number of unbranched alkanes of at least 4 members (excludes halogenated alkanes) is 3. The maximum Gasteiger partial charge on any atom is 0.128 e. The summed E-state index contributed by atoms with van der Waals surface area (Å²) >= 11 is 1.54. The third-order valence-electron chi connectivity index (χ3n) is 3.83. The summed E-state index contributed by atoms with van der Waals surface area (Å²) in [5, 5.41) is 10.5. The number of aliphatic hydroxyl groups excluding tert-OH is 1. The molecule has 0 spiro atoms. The Labute approximate surface area is 140 Å². The maximum atomic E-state index is 10.3. The van der Waals surface area contributed by atoms with Crippen LogP contribution in [0, 0.1) is 0 Å². The number of rotatable bonds is 13. The summed E-state index contributed by atoms with van der Waals surface area (Å²) in [6.45, 7) is 9.29. The van der Waals surface area contributed by atoms with Gasteiger partial charge in [0.05, 0.1) is 11.9 Å². The molecule has 1 aliphatic rings. The van der Waals surface area contributed by atoms with Crippen molar-refractivity contribution in [3.63, 3.8) is 0 Å². The molecule has 1 unspecified atom stereocenters. The second kappa shape index (κ2) is 12.6. The van der Waals surface area contributed by atoms with Crippen molar-refractivity contribution in [1.82, 2.24) is 0 Å². The predicted octanol–water partition coefficient (Wildman–Crippen LogP) is 3.61. The summed E-state index contributed by atoms with van der Waals surface area (Å²) in [6, 6.07) is 0. The Morgan fingerprint density at radius 2 is 1.36 bits per heavy atom. The van der Waals surface area contributed by atoms with E-state index in [1.807, 2.05) is 0 Å². The highest BCUT2D eigenvalue weighted by Crippen LogP contribution is 2.37. The average molecular weight is 335 g/mol. The van der Waals surface area contributed by atoms with Gasteiger partial charge in [-0.2, -0.15) is 0 Å². The zero-order valence-corrected chi connectivity index (χ0v) is 15.3. The second-order valence-corrected chi connectivity index (χ2v) is 7.23. The molecule has 1 heterocycles. The number of ether oxygens (including phenoxy) is 3. The lowest BCUT2D eigenvalue weighted by Gasteiger charge is -2.25. The van der Waals surface area contributed by atoms with Crippen LogP contribution >= 0.6 is 11.8 Å². The Balaban J connectivity index is 2.48. The third-order valence-corrected chi connectivity index (χ3v) is 5.13. The molecule has 0 aromatic rings. The lowest BCUT2D eigenvalue weighted by atomic mass is 10.1. The molecular formula is C17H34O4S. The predicted molar refractivity (Wildman–Crippen MR) is 92.4 cm³/mol. The molecule has 0 bridgehead atoms. The first-order valence-electron chi connectivity index (χ1n) is 8.89. The van der Waals surface area contributed by atoms with Gasteiger partial charge in [-0.25, -0.2) is 0 Å². The molecule has 1 rings (SSSR count). The molecule has 1 saturated heterocycles. The fraction of sp³-hybridized carbons (Fsp3) is 1.00. The Bertz CT molecular complexity index is 265. The monoisotopic (exact) mass is 334 g/mol. The van der Waals surface area contributed by atoms with Crippen LogP contribution in [0.3, 0.4) is 0 Å². The molecule has 0 radical (unpaired) electrons. The minimum Gasteiger partial charge on any atom is -0.380 e. The van der Waals surface area contributed by atoms with Crippen LogP contribution in [-0.2, 0) is 14.2 Å². The molecule has 0 saturated carbocycles. The first-order chi connectivity index (χ1) is 10.7. The SMILES string of the molecule is CCCCOC[C@H]1SC(O)[C@H](OCCCC)[C@H]1OCCCC. The van der Waals surface area contributed by atoms with Gasteiger partial charge in [0.1, 0.15) is 17.6 Å². The van der Waals surface area contributed by atoms with Crippen LogP contribution in [-0.4, -0.2) is 54.4 Å². The lowest BCUT2D eigenvalue weighted by molar-refractivity contribution is -0.0969. The van der Waals surface area contributed by atoms with Gasteiger partial charge in [0.25, 0.3) is 0 Å². The molecule has 0 amide bonds. The van der Waals surface area contributed by atoms with E-state index in [0.717, 1.165) is 51.7 Å². The smallest absolute Gasteiger partial charge is 0.128 e. The van der Waals surface area contributed by atoms with E-state index in [9.17, 15) is 5.11 Å². The van der Waals surface area contributed by atoms with Gasteiger partial charge in [0, 0.05) is 19.8 Å². The van der Waals surface area contributed by atoms with E-state index in [1.165, 1.54) is 11.8 Å². The van der Waals surface area contributed by atoms with E-state index in [-0.39, 0.29) is 17.5 Å². The van der Waals surface area contributed by atoms with Gasteiger partial charge >= 0.3 is 0 Å². The minimum absolute atomic E-state index is 0.0648. The Hall–Kier alpha value is 0.190. The van der Waals surface area contributed by atoms with Crippen LogP contribution in [0.15, 0.2) is 0 Å². The Kier molecular flexibility index (Phi) is 11.6. The summed E-state index contributed by atoms with van der Waals surface area (Å²) < 4.78 is 17.7. The maximum absolute atomic E-state index is 10.3. The number of thioether (sulfide) groups is 1. The molecule has 0 aromatic heterocycles. The molecule has 1 N–H and O–H groups in total. The van der Waals surface area contributed by atoms with Gasteiger partial charge in [-0.15, -0.1) is 11.8 Å². The standard InChI is InChI=1S/C17H34O4S/c1-4-7-10-19-13-14-15(20-11-8-5-2)16(17(18)22-14)21-12-9-6-3/h14-18H,4-13H2,1-3H3/t14-,15+,16-,17?/m1/s1.